The number of aryl methyl sites for hydroxylation is 1. The molecule has 14 heavy (non-hydrogen) atoms. The summed E-state index contributed by atoms with van der Waals surface area (Å²) >= 11 is 0.843. The summed E-state index contributed by atoms with van der Waals surface area (Å²) in [5, 5.41) is 4.68. The van der Waals surface area contributed by atoms with Gasteiger partial charge < -0.3 is 0 Å². The summed E-state index contributed by atoms with van der Waals surface area (Å²) in [4.78, 5) is 21.8. The van der Waals surface area contributed by atoms with Gasteiger partial charge in [0.1, 0.15) is 9.90 Å². The van der Waals surface area contributed by atoms with Crippen molar-refractivity contribution in [3.63, 3.8) is 0 Å². The van der Waals surface area contributed by atoms with E-state index in [-0.39, 0.29) is 9.90 Å². The van der Waals surface area contributed by atoms with Gasteiger partial charge in [-0.15, -0.1) is 21.2 Å². The third-order valence-electron chi connectivity index (χ3n) is 1.39. The number of nitroso groups, excluding NO2 is 2. The van der Waals surface area contributed by atoms with Crippen LogP contribution in [0.25, 0.3) is 0 Å². The zero-order chi connectivity index (χ0) is 10.8. The van der Waals surface area contributed by atoms with Crippen LogP contribution in [0.4, 0.5) is 5.69 Å². The minimum absolute atomic E-state index is 0.0428. The van der Waals surface area contributed by atoms with E-state index in [0.717, 1.165) is 17.4 Å². The summed E-state index contributed by atoms with van der Waals surface area (Å²) in [5.41, 5.74) is 0.0428. The highest BCUT2D eigenvalue weighted by atomic mass is 32.2. The number of rotatable bonds is 4. The molecule has 0 bridgehead atoms. The fraction of sp³-hybridized carbons (Fsp3) is 0.200. The van der Waals surface area contributed by atoms with Crippen LogP contribution in [0.15, 0.2) is 20.7 Å². The lowest BCUT2D eigenvalue weighted by molar-refractivity contribution is 0.586. The van der Waals surface area contributed by atoms with E-state index in [0.29, 0.717) is 4.88 Å². The average molecular weight is 235 g/mol. The SMILES string of the molecule is Cc1sc(S(=O)(=O)NN=O)cc1N=O. The lowest BCUT2D eigenvalue weighted by atomic mass is 10.4. The number of hydrogen-bond donors (Lipinski definition) is 1. The summed E-state index contributed by atoms with van der Waals surface area (Å²) in [6.07, 6.45) is 0. The van der Waals surface area contributed by atoms with E-state index in [1.54, 1.807) is 6.92 Å². The van der Waals surface area contributed by atoms with Crippen molar-refractivity contribution in [1.29, 1.82) is 0 Å². The van der Waals surface area contributed by atoms with Crippen LogP contribution in [-0.2, 0) is 10.0 Å². The van der Waals surface area contributed by atoms with Gasteiger partial charge in [-0.1, -0.05) is 0 Å². The Labute approximate surface area is 83.1 Å². The van der Waals surface area contributed by atoms with Gasteiger partial charge in [0.2, 0.25) is 0 Å². The van der Waals surface area contributed by atoms with Crippen LogP contribution < -0.4 is 4.83 Å². The van der Waals surface area contributed by atoms with Crippen molar-refractivity contribution in [3.05, 3.63) is 20.8 Å². The molecule has 9 heteroatoms. The molecule has 7 nitrogen and oxygen atoms in total. The van der Waals surface area contributed by atoms with Crippen molar-refractivity contribution in [1.82, 2.24) is 4.83 Å². The molecule has 0 fully saturated rings. The van der Waals surface area contributed by atoms with E-state index in [4.69, 9.17) is 0 Å². The van der Waals surface area contributed by atoms with Crippen LogP contribution >= 0.6 is 11.3 Å². The predicted molar refractivity (Wildman–Crippen MR) is 50.6 cm³/mol. The van der Waals surface area contributed by atoms with Crippen molar-refractivity contribution < 1.29 is 8.42 Å². The number of hydrogen-bond acceptors (Lipinski definition) is 7. The Morgan fingerprint density at radius 2 is 2.07 bits per heavy atom. The van der Waals surface area contributed by atoms with Crippen LogP contribution in [-0.4, -0.2) is 8.42 Å². The molecule has 0 radical (unpaired) electrons. The topological polar surface area (TPSA) is 105 Å². The number of sulfonamides is 1. The van der Waals surface area contributed by atoms with E-state index in [9.17, 15) is 18.2 Å². The minimum atomic E-state index is -3.93. The van der Waals surface area contributed by atoms with Crippen LogP contribution in [0.3, 0.4) is 0 Å². The molecule has 0 saturated carbocycles. The van der Waals surface area contributed by atoms with E-state index < -0.39 is 10.0 Å². The molecule has 1 rings (SSSR count). The highest BCUT2D eigenvalue weighted by Crippen LogP contribution is 2.31. The molecule has 0 amide bonds. The minimum Gasteiger partial charge on any atom is -0.199 e. The summed E-state index contributed by atoms with van der Waals surface area (Å²) in [6.45, 7) is 1.55. The molecule has 0 atom stereocenters. The number of nitrogens with zero attached hydrogens (tertiary/aromatic N) is 2. The first-order chi connectivity index (χ1) is 6.51. The Morgan fingerprint density at radius 1 is 1.43 bits per heavy atom. The molecule has 1 aromatic heterocycles. The van der Waals surface area contributed by atoms with Crippen LogP contribution in [0, 0.1) is 16.7 Å². The summed E-state index contributed by atoms with van der Waals surface area (Å²) in [5.74, 6) is 0. The zero-order valence-corrected chi connectivity index (χ0v) is 8.55. The van der Waals surface area contributed by atoms with E-state index in [1.165, 1.54) is 4.83 Å². The third kappa shape index (κ3) is 1.93. The van der Waals surface area contributed by atoms with Gasteiger partial charge in [0, 0.05) is 4.88 Å². The molecule has 1 aromatic rings. The van der Waals surface area contributed by atoms with Gasteiger partial charge in [-0.2, -0.15) is 13.2 Å². The Kier molecular flexibility index (Phi) is 2.91. The number of nitrogens with one attached hydrogen (secondary N) is 1. The van der Waals surface area contributed by atoms with Gasteiger partial charge in [-0.25, -0.2) is 0 Å². The maximum atomic E-state index is 11.2. The predicted octanol–water partition coefficient (Wildman–Crippen LogP) is 1.41. The number of thiophene rings is 1. The van der Waals surface area contributed by atoms with Crippen molar-refractivity contribution in [2.24, 2.45) is 10.5 Å². The van der Waals surface area contributed by atoms with Gasteiger partial charge in [0.25, 0.3) is 10.0 Å². The van der Waals surface area contributed by atoms with Gasteiger partial charge in [-0.05, 0) is 18.2 Å². The zero-order valence-electron chi connectivity index (χ0n) is 6.92. The van der Waals surface area contributed by atoms with E-state index in [1.807, 2.05) is 0 Å². The molecule has 0 unspecified atom stereocenters. The summed E-state index contributed by atoms with van der Waals surface area (Å²) in [7, 11) is -3.93. The Morgan fingerprint density at radius 3 is 2.50 bits per heavy atom. The van der Waals surface area contributed by atoms with Crippen LogP contribution in [0.5, 0.6) is 0 Å². The Balaban J connectivity index is 3.20. The largest absolute Gasteiger partial charge is 0.288 e. The fourth-order valence-corrected chi connectivity index (χ4v) is 2.82. The van der Waals surface area contributed by atoms with Gasteiger partial charge >= 0.3 is 0 Å². The fourth-order valence-electron chi connectivity index (χ4n) is 0.763. The molecule has 1 N–H and O–H groups in total. The lowest BCUT2D eigenvalue weighted by Crippen LogP contribution is -2.15. The Hall–Kier alpha value is -1.35. The van der Waals surface area contributed by atoms with Crippen LogP contribution in [0.1, 0.15) is 4.88 Å². The quantitative estimate of drug-likeness (QED) is 0.629. The van der Waals surface area contributed by atoms with E-state index in [2.05, 4.69) is 10.5 Å². The molecule has 0 saturated heterocycles. The van der Waals surface area contributed by atoms with Crippen molar-refractivity contribution in [2.45, 2.75) is 11.1 Å². The normalized spacial score (nSPS) is 10.9. The van der Waals surface area contributed by atoms with Gasteiger partial charge in [-0.3, -0.25) is 0 Å². The first kappa shape index (κ1) is 10.7. The standard InChI is InChI=1S/C5H5N3O4S2/c1-3-4(6-9)2-5(13-3)14(11,12)8-7-10/h2H,1H3,(H,8,10). The van der Waals surface area contributed by atoms with Crippen molar-refractivity contribution >= 4 is 27.0 Å². The van der Waals surface area contributed by atoms with Gasteiger partial charge in [0.05, 0.1) is 5.29 Å². The smallest absolute Gasteiger partial charge is 0.199 e. The molecule has 0 spiro atoms. The van der Waals surface area contributed by atoms with Gasteiger partial charge in [0.15, 0.2) is 0 Å². The maximum absolute atomic E-state index is 11.2. The third-order valence-corrected chi connectivity index (χ3v) is 4.09. The second-order valence-corrected chi connectivity index (χ2v) is 5.43. The molecule has 0 aliphatic rings. The highest BCUT2D eigenvalue weighted by Gasteiger charge is 2.19. The summed E-state index contributed by atoms with van der Waals surface area (Å²) in [6, 6.07) is 1.08. The molecular weight excluding hydrogens is 230 g/mol. The molecular formula is C5H5N3O4S2. The molecule has 0 aromatic carbocycles. The average Bonchev–Trinajstić information content (AvgIpc) is 2.47. The molecule has 0 aliphatic heterocycles. The monoisotopic (exact) mass is 235 g/mol. The highest BCUT2D eigenvalue weighted by molar-refractivity contribution is 7.91. The van der Waals surface area contributed by atoms with Crippen molar-refractivity contribution in [2.75, 3.05) is 0 Å². The molecule has 0 aliphatic carbocycles. The molecule has 1 heterocycles. The van der Waals surface area contributed by atoms with Crippen LogP contribution in [0.2, 0.25) is 0 Å². The second kappa shape index (κ2) is 3.80. The van der Waals surface area contributed by atoms with Crippen molar-refractivity contribution in [3.8, 4) is 0 Å². The Bertz CT molecular complexity index is 463. The second-order valence-electron chi connectivity index (χ2n) is 2.28. The maximum Gasteiger partial charge on any atom is 0.288 e. The van der Waals surface area contributed by atoms with E-state index >= 15 is 0 Å². The summed E-state index contributed by atoms with van der Waals surface area (Å²) < 4.78 is 22.2. The first-order valence-corrected chi connectivity index (χ1v) is 5.59. The lowest BCUT2D eigenvalue weighted by Gasteiger charge is -1.93. The molecule has 76 valence electrons. The first-order valence-electron chi connectivity index (χ1n) is 3.29.